The topological polar surface area (TPSA) is 355 Å². The number of hydrogen-bond acceptors (Lipinski definition) is 23. The van der Waals surface area contributed by atoms with Gasteiger partial charge in [0.1, 0.15) is 91.6 Å². The number of ether oxygens (including phenoxy) is 10. The van der Waals surface area contributed by atoms with Crippen molar-refractivity contribution in [2.75, 3.05) is 33.5 Å². The molecule has 23 nitrogen and oxygen atoms in total. The van der Waals surface area contributed by atoms with E-state index in [1.165, 1.54) is 0 Å². The van der Waals surface area contributed by atoms with Crippen LogP contribution in [0.2, 0.25) is 0 Å². The van der Waals surface area contributed by atoms with Gasteiger partial charge >= 0.3 is 0 Å². The van der Waals surface area contributed by atoms with Crippen LogP contribution >= 0.6 is 0 Å². The summed E-state index contributed by atoms with van der Waals surface area (Å²) >= 11 is 0. The second kappa shape index (κ2) is 22.3. The minimum absolute atomic E-state index is 0.0195. The molecule has 73 heavy (non-hydrogen) atoms. The normalized spacial score (nSPS) is 55.6. The Hall–Kier alpha value is -0.920. The van der Waals surface area contributed by atoms with Crippen LogP contribution in [-0.4, -0.2) is 241 Å². The van der Waals surface area contributed by atoms with Crippen LogP contribution in [0, 0.1) is 46.3 Å². The molecular weight excluding hydrogens is 969 g/mol. The molecule has 12 unspecified atom stereocenters. The van der Waals surface area contributed by atoms with Crippen molar-refractivity contribution in [3.63, 3.8) is 0 Å². The van der Waals surface area contributed by atoms with Crippen molar-refractivity contribution in [3.05, 3.63) is 0 Å². The smallest absolute Gasteiger partial charge is 0.187 e. The molecule has 9 aliphatic rings. The van der Waals surface area contributed by atoms with Crippen LogP contribution < -0.4 is 0 Å². The Morgan fingerprint density at radius 3 is 1.84 bits per heavy atom. The zero-order chi connectivity index (χ0) is 52.6. The fraction of sp³-hybridized carbons (Fsp3) is 1.00. The SMILES string of the molecule is COC1(CCC(C)O[C@@H]2O[C@H](CO)[C@@H](O)[C@H](O)[C@H]2O)OC2CC3C4CCC5CC(O[C@@H]6O[C@H](CO)[C@@H](O[C@@H]7OC[C@@H](O)[C@H](O)[C@H]7O[C@@H]7O[C@H](CO)[C@@H](O)[C@H](O)[C@H]7O)[C@H](O)[C@H]6O)CCC5(C)C4CCC3(C)C2C1C. The molecule has 9 rings (SSSR count). The summed E-state index contributed by atoms with van der Waals surface area (Å²) in [5, 5.41) is 136. The molecule has 5 heterocycles. The number of rotatable bonds is 15. The molecule has 0 bridgehead atoms. The van der Waals surface area contributed by atoms with Crippen molar-refractivity contribution in [3.8, 4) is 0 Å². The van der Waals surface area contributed by atoms with Gasteiger partial charge in [-0.25, -0.2) is 0 Å². The van der Waals surface area contributed by atoms with Gasteiger partial charge in [0.05, 0.1) is 44.7 Å². The van der Waals surface area contributed by atoms with Crippen molar-refractivity contribution >= 4 is 0 Å². The molecule has 4 aliphatic carbocycles. The summed E-state index contributed by atoms with van der Waals surface area (Å²) in [4.78, 5) is 0. The Bertz CT molecular complexity index is 1820. The minimum Gasteiger partial charge on any atom is -0.394 e. The fourth-order valence-electron chi connectivity index (χ4n) is 15.6. The lowest BCUT2D eigenvalue weighted by molar-refractivity contribution is -0.380. The first-order valence-corrected chi connectivity index (χ1v) is 26.7. The molecule has 5 saturated heterocycles. The summed E-state index contributed by atoms with van der Waals surface area (Å²) in [5.74, 6) is 1.33. The van der Waals surface area contributed by atoms with Gasteiger partial charge in [0, 0.05) is 19.4 Å². The summed E-state index contributed by atoms with van der Waals surface area (Å²) in [6, 6.07) is 0. The van der Waals surface area contributed by atoms with E-state index in [0.29, 0.717) is 42.9 Å². The van der Waals surface area contributed by atoms with E-state index in [4.69, 9.17) is 47.4 Å². The molecule has 0 aromatic rings. The summed E-state index contributed by atoms with van der Waals surface area (Å²) in [6.45, 7) is 6.56. The van der Waals surface area contributed by atoms with E-state index in [1.54, 1.807) is 7.11 Å². The van der Waals surface area contributed by atoms with Crippen LogP contribution in [0.15, 0.2) is 0 Å². The van der Waals surface area contributed by atoms with Gasteiger partial charge < -0.3 is 114 Å². The van der Waals surface area contributed by atoms with E-state index in [-0.39, 0.29) is 34.9 Å². The van der Waals surface area contributed by atoms with E-state index in [1.807, 2.05) is 6.92 Å². The lowest BCUT2D eigenvalue weighted by Crippen LogP contribution is -2.65. The van der Waals surface area contributed by atoms with Crippen molar-refractivity contribution in [2.45, 2.75) is 233 Å². The van der Waals surface area contributed by atoms with Gasteiger partial charge in [0.2, 0.25) is 0 Å². The van der Waals surface area contributed by atoms with Crippen molar-refractivity contribution in [2.24, 2.45) is 46.3 Å². The quantitative estimate of drug-likeness (QED) is 0.0731. The summed E-state index contributed by atoms with van der Waals surface area (Å²) in [6.07, 6.45) is -21.3. The first kappa shape index (κ1) is 56.8. The molecule has 0 amide bonds. The second-order valence-electron chi connectivity index (χ2n) is 23.5. The molecule has 5 aliphatic heterocycles. The highest BCUT2D eigenvalue weighted by atomic mass is 16.8. The first-order valence-electron chi connectivity index (χ1n) is 26.7. The Balaban J connectivity index is 0.791. The number of hydrogen-bond donors (Lipinski definition) is 13. The van der Waals surface area contributed by atoms with E-state index >= 15 is 0 Å². The third kappa shape index (κ3) is 10.1. The fourth-order valence-corrected chi connectivity index (χ4v) is 15.6. The van der Waals surface area contributed by atoms with E-state index < -0.39 is 155 Å². The molecule has 0 aromatic carbocycles. The highest BCUT2D eigenvalue weighted by molar-refractivity contribution is 5.15. The van der Waals surface area contributed by atoms with E-state index in [9.17, 15) is 66.4 Å². The van der Waals surface area contributed by atoms with Gasteiger partial charge in [-0.3, -0.25) is 0 Å². The predicted molar refractivity (Wildman–Crippen MR) is 246 cm³/mol. The molecule has 23 heteroatoms. The van der Waals surface area contributed by atoms with Crippen molar-refractivity contribution in [1.82, 2.24) is 0 Å². The Morgan fingerprint density at radius 1 is 0.589 bits per heavy atom. The summed E-state index contributed by atoms with van der Waals surface area (Å²) < 4.78 is 60.3. The molecule has 31 atom stereocenters. The van der Waals surface area contributed by atoms with Gasteiger partial charge in [-0.05, 0) is 105 Å². The van der Waals surface area contributed by atoms with Gasteiger partial charge in [-0.15, -0.1) is 0 Å². The van der Waals surface area contributed by atoms with Gasteiger partial charge in [-0.1, -0.05) is 20.8 Å². The van der Waals surface area contributed by atoms with Crippen LogP contribution in [0.25, 0.3) is 0 Å². The lowest BCUT2D eigenvalue weighted by Gasteiger charge is -2.61. The van der Waals surface area contributed by atoms with Crippen molar-refractivity contribution in [1.29, 1.82) is 0 Å². The highest BCUT2D eigenvalue weighted by Crippen LogP contribution is 2.71. The van der Waals surface area contributed by atoms with Gasteiger partial charge in [-0.2, -0.15) is 0 Å². The Kier molecular flexibility index (Phi) is 17.4. The molecule has 0 aromatic heterocycles. The maximum atomic E-state index is 11.5. The van der Waals surface area contributed by atoms with Crippen LogP contribution in [0.5, 0.6) is 0 Å². The number of fused-ring (bicyclic) bond motifs is 7. The molecule has 0 spiro atoms. The van der Waals surface area contributed by atoms with Crippen LogP contribution in [0.4, 0.5) is 0 Å². The summed E-state index contributed by atoms with van der Waals surface area (Å²) in [7, 11) is 1.69. The molecule has 13 N–H and O–H groups in total. The first-order chi connectivity index (χ1) is 34.6. The van der Waals surface area contributed by atoms with Crippen LogP contribution in [0.1, 0.15) is 91.9 Å². The standard InChI is InChI=1S/C50H84O23/c1-20(66-44-39(61)36(58)34(56)29(16-51)68-44)8-13-50(64-5)21(2)32-28(73-50)15-26-24-7-6-22-14-23(9-11-48(22,3)25(24)10-12-49(26,32)4)67-45-41(63)38(60)42(31(18-53)70-45)71-47-43(33(55)27(54)19-65-47)72-46-40(62)37(59)35(57)30(17-52)69-46/h20-47,51-63H,6-19H2,1-5H3/t20?,21?,22?,23?,24?,25?,26?,27-,28?,29-,30-,31-,32?,33+,34-,35-,36+,37+,38-,39-,40-,41-,42-,43-,44-,45-,46+,47+,48?,49?,50?/m1/s1. The van der Waals surface area contributed by atoms with Crippen LogP contribution in [-0.2, 0) is 47.4 Å². The Labute approximate surface area is 425 Å². The van der Waals surface area contributed by atoms with Gasteiger partial charge in [0.15, 0.2) is 30.9 Å². The second-order valence-corrected chi connectivity index (χ2v) is 23.5. The predicted octanol–water partition coefficient (Wildman–Crippen LogP) is -2.91. The molecule has 0 radical (unpaired) electrons. The lowest BCUT2D eigenvalue weighted by atomic mass is 9.44. The molecule has 4 saturated carbocycles. The molecule has 9 fully saturated rings. The molecule has 422 valence electrons. The third-order valence-electron chi connectivity index (χ3n) is 19.8. The van der Waals surface area contributed by atoms with Crippen molar-refractivity contribution < 1.29 is 114 Å². The number of methoxy groups -OCH3 is 1. The van der Waals surface area contributed by atoms with E-state index in [2.05, 4.69) is 20.8 Å². The third-order valence-corrected chi connectivity index (χ3v) is 19.8. The minimum atomic E-state index is -1.86. The largest absolute Gasteiger partial charge is 0.394 e. The van der Waals surface area contributed by atoms with Gasteiger partial charge in [0.25, 0.3) is 0 Å². The number of aliphatic hydroxyl groups is 13. The summed E-state index contributed by atoms with van der Waals surface area (Å²) in [5.41, 5.74) is 0.0855. The number of aliphatic hydroxyl groups excluding tert-OH is 13. The molecular formula is C50H84O23. The zero-order valence-corrected chi connectivity index (χ0v) is 42.5. The monoisotopic (exact) mass is 1050 g/mol. The zero-order valence-electron chi connectivity index (χ0n) is 42.5. The van der Waals surface area contributed by atoms with Crippen LogP contribution in [0.3, 0.4) is 0 Å². The average molecular weight is 1050 g/mol. The highest BCUT2D eigenvalue weighted by Gasteiger charge is 2.69. The maximum Gasteiger partial charge on any atom is 0.187 e. The average Bonchev–Trinajstić information content (AvgIpc) is 3.84. The van der Waals surface area contributed by atoms with E-state index in [0.717, 1.165) is 44.9 Å². The maximum absolute atomic E-state index is 11.5. The Morgan fingerprint density at radius 2 is 1.18 bits per heavy atom.